The fourth-order valence-corrected chi connectivity index (χ4v) is 2.88. The number of H-pyrrole nitrogens is 1. The second kappa shape index (κ2) is 5.49. The van der Waals surface area contributed by atoms with E-state index in [0.29, 0.717) is 12.3 Å². The van der Waals surface area contributed by atoms with Gasteiger partial charge in [-0.3, -0.25) is 9.89 Å². The summed E-state index contributed by atoms with van der Waals surface area (Å²) >= 11 is 0. The lowest BCUT2D eigenvalue weighted by atomic mass is 9.96. The maximum absolute atomic E-state index is 12.6. The molecule has 0 radical (unpaired) electrons. The van der Waals surface area contributed by atoms with E-state index in [9.17, 15) is 4.79 Å². The first-order valence-electron chi connectivity index (χ1n) is 7.13. The fourth-order valence-electron chi connectivity index (χ4n) is 2.88. The average Bonchev–Trinajstić information content (AvgIpc) is 2.90. The molecule has 2 heterocycles. The number of nitrogens with zero attached hydrogens (tertiary/aromatic N) is 2. The van der Waals surface area contributed by atoms with Crippen molar-refractivity contribution in [2.45, 2.75) is 32.1 Å². The second-order valence-electron chi connectivity index (χ2n) is 5.41. The summed E-state index contributed by atoms with van der Waals surface area (Å²) in [6.45, 7) is 3.04. The second-order valence-corrected chi connectivity index (χ2v) is 5.41. The van der Waals surface area contributed by atoms with Crippen LogP contribution in [0, 0.1) is 0 Å². The van der Waals surface area contributed by atoms with E-state index in [1.165, 1.54) is 5.56 Å². The Kier molecular flexibility index (Phi) is 3.54. The molecule has 1 aromatic heterocycles. The summed E-state index contributed by atoms with van der Waals surface area (Å²) in [5, 5.41) is 6.76. The Labute approximate surface area is 118 Å². The van der Waals surface area contributed by atoms with Crippen LogP contribution in [0.25, 0.3) is 0 Å². The van der Waals surface area contributed by atoms with Crippen LogP contribution < -0.4 is 4.90 Å². The minimum Gasteiger partial charge on any atom is -0.312 e. The van der Waals surface area contributed by atoms with Crippen LogP contribution in [-0.2, 0) is 11.2 Å². The summed E-state index contributed by atoms with van der Waals surface area (Å²) < 4.78 is 0. The summed E-state index contributed by atoms with van der Waals surface area (Å²) in [4.78, 5) is 14.5. The standard InChI is InChI=1S/C16H19N3O/c1-12-5-4-10-19(15-7-3-2-6-14(12)15)16(20)11-13-8-9-17-18-13/h2-3,6-9,12H,4-5,10-11H2,1H3,(H,17,18)/t12-/m0/s1. The predicted octanol–water partition coefficient (Wildman–Crippen LogP) is 2.88. The third-order valence-electron chi connectivity index (χ3n) is 3.98. The molecule has 1 atom stereocenters. The number of benzene rings is 1. The van der Waals surface area contributed by atoms with Crippen molar-refractivity contribution in [2.75, 3.05) is 11.4 Å². The molecule has 0 unspecified atom stereocenters. The molecule has 0 saturated carbocycles. The largest absolute Gasteiger partial charge is 0.312 e. The Balaban J connectivity index is 1.89. The number of rotatable bonds is 2. The first-order valence-corrected chi connectivity index (χ1v) is 7.13. The molecule has 1 aromatic carbocycles. The predicted molar refractivity (Wildman–Crippen MR) is 78.7 cm³/mol. The van der Waals surface area contributed by atoms with E-state index in [1.54, 1.807) is 6.20 Å². The topological polar surface area (TPSA) is 49.0 Å². The molecule has 0 aliphatic carbocycles. The molecule has 4 nitrogen and oxygen atoms in total. The van der Waals surface area contributed by atoms with Gasteiger partial charge in [0.05, 0.1) is 6.42 Å². The van der Waals surface area contributed by atoms with Gasteiger partial charge in [0, 0.05) is 24.1 Å². The van der Waals surface area contributed by atoms with Crippen molar-refractivity contribution in [3.8, 4) is 0 Å². The maximum atomic E-state index is 12.6. The third-order valence-corrected chi connectivity index (χ3v) is 3.98. The molecule has 3 rings (SSSR count). The van der Waals surface area contributed by atoms with Crippen LogP contribution in [0.3, 0.4) is 0 Å². The van der Waals surface area contributed by atoms with Crippen LogP contribution in [0.4, 0.5) is 5.69 Å². The van der Waals surface area contributed by atoms with Gasteiger partial charge < -0.3 is 4.90 Å². The van der Waals surface area contributed by atoms with Gasteiger partial charge in [0.1, 0.15) is 0 Å². The molecular weight excluding hydrogens is 250 g/mol. The molecule has 1 N–H and O–H groups in total. The average molecular weight is 269 g/mol. The smallest absolute Gasteiger partial charge is 0.232 e. The zero-order valence-electron chi connectivity index (χ0n) is 11.7. The molecule has 0 fully saturated rings. The van der Waals surface area contributed by atoms with Gasteiger partial charge in [-0.1, -0.05) is 25.1 Å². The van der Waals surface area contributed by atoms with Crippen molar-refractivity contribution in [3.05, 3.63) is 47.8 Å². The van der Waals surface area contributed by atoms with E-state index >= 15 is 0 Å². The van der Waals surface area contributed by atoms with E-state index in [1.807, 2.05) is 17.0 Å². The number of fused-ring (bicyclic) bond motifs is 1. The number of hydrogen-bond donors (Lipinski definition) is 1. The zero-order chi connectivity index (χ0) is 13.9. The monoisotopic (exact) mass is 269 g/mol. The Morgan fingerprint density at radius 1 is 1.40 bits per heavy atom. The van der Waals surface area contributed by atoms with Crippen LogP contribution in [0.15, 0.2) is 36.5 Å². The summed E-state index contributed by atoms with van der Waals surface area (Å²) in [6, 6.07) is 10.1. The first kappa shape index (κ1) is 12.9. The lowest BCUT2D eigenvalue weighted by Gasteiger charge is -2.23. The van der Waals surface area contributed by atoms with Crippen molar-refractivity contribution in [3.63, 3.8) is 0 Å². The number of carbonyl (C=O) groups is 1. The molecule has 0 bridgehead atoms. The van der Waals surface area contributed by atoms with Crippen molar-refractivity contribution >= 4 is 11.6 Å². The lowest BCUT2D eigenvalue weighted by molar-refractivity contribution is -0.118. The van der Waals surface area contributed by atoms with Crippen molar-refractivity contribution < 1.29 is 4.79 Å². The molecule has 0 saturated heterocycles. The van der Waals surface area contributed by atoms with Crippen LogP contribution >= 0.6 is 0 Å². The summed E-state index contributed by atoms with van der Waals surface area (Å²) in [7, 11) is 0. The van der Waals surface area contributed by atoms with E-state index in [2.05, 4.69) is 35.3 Å². The number of aromatic amines is 1. The van der Waals surface area contributed by atoms with E-state index in [-0.39, 0.29) is 5.91 Å². The van der Waals surface area contributed by atoms with E-state index < -0.39 is 0 Å². The lowest BCUT2D eigenvalue weighted by Crippen LogP contribution is -2.33. The Morgan fingerprint density at radius 3 is 3.05 bits per heavy atom. The highest BCUT2D eigenvalue weighted by atomic mass is 16.2. The number of carbonyl (C=O) groups excluding carboxylic acids is 1. The zero-order valence-corrected chi connectivity index (χ0v) is 11.7. The van der Waals surface area contributed by atoms with Crippen molar-refractivity contribution in [1.82, 2.24) is 10.2 Å². The molecule has 20 heavy (non-hydrogen) atoms. The minimum atomic E-state index is 0.135. The number of para-hydroxylation sites is 1. The number of anilines is 1. The Bertz CT molecular complexity index is 592. The van der Waals surface area contributed by atoms with Crippen LogP contribution in [0.1, 0.15) is 36.9 Å². The highest BCUT2D eigenvalue weighted by Gasteiger charge is 2.24. The van der Waals surface area contributed by atoms with Crippen LogP contribution in [0.2, 0.25) is 0 Å². The number of amides is 1. The highest BCUT2D eigenvalue weighted by Crippen LogP contribution is 2.34. The fraction of sp³-hybridized carbons (Fsp3) is 0.375. The molecule has 1 aliphatic heterocycles. The van der Waals surface area contributed by atoms with Gasteiger partial charge in [0.15, 0.2) is 0 Å². The van der Waals surface area contributed by atoms with E-state index in [0.717, 1.165) is 30.8 Å². The van der Waals surface area contributed by atoms with Crippen LogP contribution in [-0.4, -0.2) is 22.6 Å². The minimum absolute atomic E-state index is 0.135. The van der Waals surface area contributed by atoms with Crippen molar-refractivity contribution in [1.29, 1.82) is 0 Å². The number of hydrogen-bond acceptors (Lipinski definition) is 2. The maximum Gasteiger partial charge on any atom is 0.232 e. The molecule has 1 amide bonds. The van der Waals surface area contributed by atoms with Gasteiger partial charge in [0.25, 0.3) is 0 Å². The van der Waals surface area contributed by atoms with Crippen LogP contribution in [0.5, 0.6) is 0 Å². The van der Waals surface area contributed by atoms with Gasteiger partial charge in [-0.15, -0.1) is 0 Å². The van der Waals surface area contributed by atoms with E-state index in [4.69, 9.17) is 0 Å². The van der Waals surface area contributed by atoms with Crippen molar-refractivity contribution in [2.24, 2.45) is 0 Å². The molecule has 1 aliphatic rings. The summed E-state index contributed by atoms with van der Waals surface area (Å²) in [6.07, 6.45) is 4.24. The first-order chi connectivity index (χ1) is 9.75. The molecule has 0 spiro atoms. The summed E-state index contributed by atoms with van der Waals surface area (Å²) in [5.74, 6) is 0.645. The number of nitrogens with one attached hydrogen (secondary N) is 1. The third kappa shape index (κ3) is 2.46. The van der Waals surface area contributed by atoms with Gasteiger partial charge in [-0.2, -0.15) is 5.10 Å². The molecule has 4 heteroatoms. The highest BCUT2D eigenvalue weighted by molar-refractivity contribution is 5.95. The molecule has 104 valence electrons. The van der Waals surface area contributed by atoms with Gasteiger partial charge in [0.2, 0.25) is 5.91 Å². The molecular formula is C16H19N3O. The number of aromatic nitrogens is 2. The van der Waals surface area contributed by atoms with Gasteiger partial charge in [-0.05, 0) is 36.5 Å². The van der Waals surface area contributed by atoms with Gasteiger partial charge in [-0.25, -0.2) is 0 Å². The Hall–Kier alpha value is -2.10. The Morgan fingerprint density at radius 2 is 2.25 bits per heavy atom. The quantitative estimate of drug-likeness (QED) is 0.911. The van der Waals surface area contributed by atoms with Gasteiger partial charge >= 0.3 is 0 Å². The SMILES string of the molecule is C[C@H]1CCCN(C(=O)Cc2ccn[nH]2)c2ccccc21. The normalized spacial score (nSPS) is 18.4. The molecule has 2 aromatic rings. The summed E-state index contributed by atoms with van der Waals surface area (Å²) in [5.41, 5.74) is 3.22.